The van der Waals surface area contributed by atoms with E-state index in [4.69, 9.17) is 10.7 Å². The van der Waals surface area contributed by atoms with E-state index < -0.39 is 0 Å². The van der Waals surface area contributed by atoms with Crippen LogP contribution in [0.3, 0.4) is 0 Å². The fourth-order valence-corrected chi connectivity index (χ4v) is 3.63. The van der Waals surface area contributed by atoms with Gasteiger partial charge in [-0.25, -0.2) is 4.98 Å². The van der Waals surface area contributed by atoms with E-state index in [-0.39, 0.29) is 6.04 Å². The first-order valence-corrected chi connectivity index (χ1v) is 7.92. The van der Waals surface area contributed by atoms with Crippen molar-refractivity contribution in [3.8, 4) is 0 Å². The lowest BCUT2D eigenvalue weighted by Gasteiger charge is -2.27. The molecule has 2 saturated carbocycles. The highest BCUT2D eigenvalue weighted by Gasteiger charge is 2.32. The Kier molecular flexibility index (Phi) is 2.99. The SMILES string of the molecule is NC(c1nc2cnccc2n1C1CC1)C1CCCCC1. The highest BCUT2D eigenvalue weighted by atomic mass is 15.2. The average molecular weight is 270 g/mol. The van der Waals surface area contributed by atoms with Crippen LogP contribution >= 0.6 is 0 Å². The van der Waals surface area contributed by atoms with E-state index in [1.165, 1.54) is 50.5 Å². The Balaban J connectivity index is 1.76. The molecule has 20 heavy (non-hydrogen) atoms. The third kappa shape index (κ3) is 2.03. The van der Waals surface area contributed by atoms with Crippen LogP contribution in [0.25, 0.3) is 11.0 Å². The van der Waals surface area contributed by atoms with Crippen LogP contribution < -0.4 is 5.73 Å². The number of pyridine rings is 1. The van der Waals surface area contributed by atoms with Crippen LogP contribution in [0.4, 0.5) is 0 Å². The van der Waals surface area contributed by atoms with Crippen molar-refractivity contribution in [2.24, 2.45) is 11.7 Å². The molecule has 4 heteroatoms. The predicted octanol–water partition coefficient (Wildman–Crippen LogP) is 3.35. The molecule has 1 atom stereocenters. The molecule has 2 aliphatic carbocycles. The molecule has 0 saturated heterocycles. The molecule has 2 aliphatic rings. The lowest BCUT2D eigenvalue weighted by Crippen LogP contribution is -2.26. The molecule has 4 rings (SSSR count). The molecule has 106 valence electrons. The second-order valence-corrected chi connectivity index (χ2v) is 6.36. The molecule has 0 aromatic carbocycles. The van der Waals surface area contributed by atoms with Gasteiger partial charge < -0.3 is 10.3 Å². The highest BCUT2D eigenvalue weighted by molar-refractivity contribution is 5.75. The second kappa shape index (κ2) is 4.85. The van der Waals surface area contributed by atoms with E-state index in [1.807, 2.05) is 12.4 Å². The molecule has 0 radical (unpaired) electrons. The Morgan fingerprint density at radius 3 is 2.70 bits per heavy atom. The summed E-state index contributed by atoms with van der Waals surface area (Å²) < 4.78 is 2.40. The van der Waals surface area contributed by atoms with Crippen molar-refractivity contribution in [3.05, 3.63) is 24.3 Å². The smallest absolute Gasteiger partial charge is 0.127 e. The molecular weight excluding hydrogens is 248 g/mol. The fraction of sp³-hybridized carbons (Fsp3) is 0.625. The van der Waals surface area contributed by atoms with Gasteiger partial charge in [-0.1, -0.05) is 19.3 Å². The third-order valence-corrected chi connectivity index (χ3v) is 4.89. The van der Waals surface area contributed by atoms with Gasteiger partial charge in [-0.05, 0) is 37.7 Å². The minimum atomic E-state index is 0.0864. The summed E-state index contributed by atoms with van der Waals surface area (Å²) in [5.41, 5.74) is 8.81. The van der Waals surface area contributed by atoms with Crippen molar-refractivity contribution < 1.29 is 0 Å². The van der Waals surface area contributed by atoms with Crippen molar-refractivity contribution in [1.82, 2.24) is 14.5 Å². The largest absolute Gasteiger partial charge is 0.323 e. The van der Waals surface area contributed by atoms with Gasteiger partial charge in [0.1, 0.15) is 11.3 Å². The Hall–Kier alpha value is -1.42. The normalized spacial score (nSPS) is 22.2. The van der Waals surface area contributed by atoms with Gasteiger partial charge in [-0.2, -0.15) is 0 Å². The molecule has 2 fully saturated rings. The maximum absolute atomic E-state index is 6.60. The van der Waals surface area contributed by atoms with Gasteiger partial charge >= 0.3 is 0 Å². The maximum Gasteiger partial charge on any atom is 0.127 e. The average Bonchev–Trinajstić information content (AvgIpc) is 3.27. The zero-order chi connectivity index (χ0) is 13.5. The first-order chi connectivity index (χ1) is 9.84. The van der Waals surface area contributed by atoms with Gasteiger partial charge in [0, 0.05) is 12.2 Å². The molecular formula is C16H22N4. The van der Waals surface area contributed by atoms with Gasteiger partial charge in [-0.15, -0.1) is 0 Å². The van der Waals surface area contributed by atoms with E-state index in [0.29, 0.717) is 12.0 Å². The molecule has 0 amide bonds. The Labute approximate surface area is 119 Å². The lowest BCUT2D eigenvalue weighted by atomic mass is 9.84. The monoisotopic (exact) mass is 270 g/mol. The number of nitrogens with two attached hydrogens (primary N) is 1. The van der Waals surface area contributed by atoms with Crippen molar-refractivity contribution in [3.63, 3.8) is 0 Å². The van der Waals surface area contributed by atoms with Gasteiger partial charge in [0.2, 0.25) is 0 Å². The number of hydrogen-bond acceptors (Lipinski definition) is 3. The lowest BCUT2D eigenvalue weighted by molar-refractivity contribution is 0.296. The Bertz CT molecular complexity index is 608. The number of aromatic nitrogens is 3. The molecule has 2 aromatic heterocycles. The van der Waals surface area contributed by atoms with E-state index in [9.17, 15) is 0 Å². The van der Waals surface area contributed by atoms with E-state index in [0.717, 1.165) is 11.3 Å². The summed E-state index contributed by atoms with van der Waals surface area (Å²) in [6.45, 7) is 0. The van der Waals surface area contributed by atoms with Crippen LogP contribution in [-0.4, -0.2) is 14.5 Å². The fourth-order valence-electron chi connectivity index (χ4n) is 3.63. The van der Waals surface area contributed by atoms with Crippen LogP contribution in [0.5, 0.6) is 0 Å². The van der Waals surface area contributed by atoms with Gasteiger partial charge in [0.05, 0.1) is 17.8 Å². The summed E-state index contributed by atoms with van der Waals surface area (Å²) in [7, 11) is 0. The first-order valence-electron chi connectivity index (χ1n) is 7.92. The van der Waals surface area contributed by atoms with E-state index in [1.54, 1.807) is 0 Å². The number of hydrogen-bond donors (Lipinski definition) is 1. The molecule has 0 spiro atoms. The summed E-state index contributed by atoms with van der Waals surface area (Å²) in [4.78, 5) is 9.03. The van der Waals surface area contributed by atoms with Crippen LogP contribution in [0.15, 0.2) is 18.5 Å². The first kappa shape index (κ1) is 12.3. The zero-order valence-electron chi connectivity index (χ0n) is 11.8. The number of nitrogens with zero attached hydrogens (tertiary/aromatic N) is 3. The molecule has 2 heterocycles. The van der Waals surface area contributed by atoms with Crippen molar-refractivity contribution in [2.45, 2.75) is 57.0 Å². The quantitative estimate of drug-likeness (QED) is 0.930. The van der Waals surface area contributed by atoms with Crippen LogP contribution in [-0.2, 0) is 0 Å². The third-order valence-electron chi connectivity index (χ3n) is 4.89. The topological polar surface area (TPSA) is 56.7 Å². The van der Waals surface area contributed by atoms with Gasteiger partial charge in [0.15, 0.2) is 0 Å². The minimum Gasteiger partial charge on any atom is -0.323 e. The summed E-state index contributed by atoms with van der Waals surface area (Å²) >= 11 is 0. The molecule has 2 N–H and O–H groups in total. The maximum atomic E-state index is 6.60. The van der Waals surface area contributed by atoms with Crippen LogP contribution in [0.2, 0.25) is 0 Å². The van der Waals surface area contributed by atoms with Crippen LogP contribution in [0.1, 0.15) is 62.9 Å². The summed E-state index contributed by atoms with van der Waals surface area (Å²) in [6.07, 6.45) is 12.8. The van der Waals surface area contributed by atoms with E-state index in [2.05, 4.69) is 15.6 Å². The molecule has 2 aromatic rings. The van der Waals surface area contributed by atoms with Crippen molar-refractivity contribution in [2.75, 3.05) is 0 Å². The molecule has 0 bridgehead atoms. The van der Waals surface area contributed by atoms with Gasteiger partial charge in [0.25, 0.3) is 0 Å². The molecule has 0 aliphatic heterocycles. The molecule has 1 unspecified atom stereocenters. The number of rotatable bonds is 3. The second-order valence-electron chi connectivity index (χ2n) is 6.36. The Morgan fingerprint density at radius 2 is 1.95 bits per heavy atom. The molecule has 4 nitrogen and oxygen atoms in total. The summed E-state index contributed by atoms with van der Waals surface area (Å²) in [5, 5.41) is 0. The number of imidazole rings is 1. The Morgan fingerprint density at radius 1 is 1.15 bits per heavy atom. The number of fused-ring (bicyclic) bond motifs is 1. The van der Waals surface area contributed by atoms with E-state index >= 15 is 0 Å². The van der Waals surface area contributed by atoms with Crippen LogP contribution in [0, 0.1) is 5.92 Å². The van der Waals surface area contributed by atoms with Crippen molar-refractivity contribution in [1.29, 1.82) is 0 Å². The minimum absolute atomic E-state index is 0.0864. The predicted molar refractivity (Wildman–Crippen MR) is 79.3 cm³/mol. The van der Waals surface area contributed by atoms with Crippen molar-refractivity contribution >= 4 is 11.0 Å². The summed E-state index contributed by atoms with van der Waals surface area (Å²) in [5.74, 6) is 1.70. The summed E-state index contributed by atoms with van der Waals surface area (Å²) in [6, 6.07) is 2.79. The highest BCUT2D eigenvalue weighted by Crippen LogP contribution is 2.41. The standard InChI is InChI=1S/C16H22N4/c17-15(11-4-2-1-3-5-11)16-19-13-10-18-9-8-14(13)20(16)12-6-7-12/h8-12,15H,1-7,17H2. The zero-order valence-corrected chi connectivity index (χ0v) is 11.8. The van der Waals surface area contributed by atoms with Gasteiger partial charge in [-0.3, -0.25) is 4.98 Å².